The van der Waals surface area contributed by atoms with Gasteiger partial charge in [-0.05, 0) is 34.1 Å². The van der Waals surface area contributed by atoms with E-state index in [-0.39, 0.29) is 6.03 Å². The van der Waals surface area contributed by atoms with Gasteiger partial charge in [-0.15, -0.1) is 0 Å². The summed E-state index contributed by atoms with van der Waals surface area (Å²) in [4.78, 5) is 34.5. The van der Waals surface area contributed by atoms with Crippen LogP contribution in [0.5, 0.6) is 0 Å². The van der Waals surface area contributed by atoms with Crippen LogP contribution in [0.4, 0.5) is 10.6 Å². The van der Waals surface area contributed by atoms with Crippen LogP contribution in [0.1, 0.15) is 16.2 Å². The van der Waals surface area contributed by atoms with Crippen molar-refractivity contribution in [3.05, 3.63) is 45.4 Å². The Morgan fingerprint density at radius 2 is 2.15 bits per heavy atom. The maximum Gasteiger partial charge on any atom is 0.325 e. The Labute approximate surface area is 163 Å². The lowest BCUT2D eigenvalue weighted by atomic mass is 10.2. The van der Waals surface area contributed by atoms with Crippen molar-refractivity contribution >= 4 is 56.6 Å². The number of rotatable bonds is 4. The maximum atomic E-state index is 12.8. The number of imidazole rings is 1. The fourth-order valence-corrected chi connectivity index (χ4v) is 3.37. The van der Waals surface area contributed by atoms with E-state index in [4.69, 9.17) is 11.6 Å². The Bertz CT molecular complexity index is 997. The van der Waals surface area contributed by atoms with Gasteiger partial charge in [0.25, 0.3) is 0 Å². The van der Waals surface area contributed by atoms with Crippen molar-refractivity contribution in [2.45, 2.75) is 6.54 Å². The maximum absolute atomic E-state index is 12.8. The number of urea groups is 1. The molecule has 136 valence electrons. The molecule has 0 radical (unpaired) electrons. The predicted octanol–water partition coefficient (Wildman–Crippen LogP) is 3.82. The molecule has 0 fully saturated rings. The Morgan fingerprint density at radius 3 is 2.81 bits per heavy atom. The van der Waals surface area contributed by atoms with E-state index in [2.05, 4.69) is 25.9 Å². The second-order valence-corrected chi connectivity index (χ2v) is 7.08. The lowest BCUT2D eigenvalue weighted by Crippen LogP contribution is -2.39. The molecule has 1 N–H and O–H groups in total. The Balaban J connectivity index is 1.81. The van der Waals surface area contributed by atoms with Crippen molar-refractivity contribution < 1.29 is 9.59 Å². The normalized spacial score (nSPS) is 11.0. The zero-order valence-electron chi connectivity index (χ0n) is 14.5. The molecule has 0 atom stereocenters. The number of nitrogens with zero attached hydrogens (tertiary/aromatic N) is 4. The molecule has 0 aliphatic heterocycles. The fraction of sp³-hybridized carbons (Fsp3) is 0.235. The molecular formula is C17H17BrClN5O2. The van der Waals surface area contributed by atoms with E-state index < -0.39 is 0 Å². The van der Waals surface area contributed by atoms with Crippen LogP contribution < -0.4 is 4.90 Å². The van der Waals surface area contributed by atoms with Gasteiger partial charge in [0, 0.05) is 42.8 Å². The number of carbonyl (C=O) groups is 2. The van der Waals surface area contributed by atoms with Crippen molar-refractivity contribution in [3.63, 3.8) is 0 Å². The van der Waals surface area contributed by atoms with Crippen molar-refractivity contribution in [2.24, 2.45) is 7.05 Å². The van der Waals surface area contributed by atoms with Gasteiger partial charge in [0.2, 0.25) is 0 Å². The molecule has 0 saturated heterocycles. The number of carbonyl (C=O) groups excluding carboxylic acids is 2. The first-order valence-corrected chi connectivity index (χ1v) is 8.93. The molecule has 0 unspecified atom stereocenters. The number of halogens is 2. The summed E-state index contributed by atoms with van der Waals surface area (Å²) in [5.41, 5.74) is 2.09. The minimum absolute atomic E-state index is 0.288. The van der Waals surface area contributed by atoms with Gasteiger partial charge in [-0.3, -0.25) is 9.69 Å². The van der Waals surface area contributed by atoms with Gasteiger partial charge in [-0.1, -0.05) is 17.7 Å². The Kier molecular flexibility index (Phi) is 5.06. The van der Waals surface area contributed by atoms with E-state index in [1.807, 2.05) is 24.3 Å². The zero-order chi connectivity index (χ0) is 19.0. The fourth-order valence-electron chi connectivity index (χ4n) is 2.78. The largest absolute Gasteiger partial charge is 0.357 e. The average Bonchev–Trinajstić information content (AvgIpc) is 3.15. The van der Waals surface area contributed by atoms with E-state index in [1.165, 1.54) is 9.80 Å². The molecule has 1 aromatic carbocycles. The van der Waals surface area contributed by atoms with E-state index >= 15 is 0 Å². The monoisotopic (exact) mass is 437 g/mol. The van der Waals surface area contributed by atoms with E-state index in [9.17, 15) is 9.59 Å². The SMILES string of the molecule is CN(Cc1cc2c(Cl)cccc2[nH]1)C(=O)N(C)c1nc(Br)n(C)c1C=O. The smallest absolute Gasteiger partial charge is 0.325 e. The number of amides is 2. The number of aldehydes is 1. The number of hydrogen-bond acceptors (Lipinski definition) is 3. The minimum atomic E-state index is -0.288. The van der Waals surface area contributed by atoms with Crippen LogP contribution in [0.15, 0.2) is 29.0 Å². The molecule has 9 heteroatoms. The number of aromatic amines is 1. The van der Waals surface area contributed by atoms with Gasteiger partial charge in [0.1, 0.15) is 5.69 Å². The number of fused-ring (bicyclic) bond motifs is 1. The summed E-state index contributed by atoms with van der Waals surface area (Å²) in [5.74, 6) is 0.297. The van der Waals surface area contributed by atoms with Crippen molar-refractivity contribution in [1.82, 2.24) is 19.4 Å². The van der Waals surface area contributed by atoms with Gasteiger partial charge in [0.15, 0.2) is 16.8 Å². The molecule has 0 bridgehead atoms. The number of aromatic nitrogens is 3. The predicted molar refractivity (Wildman–Crippen MR) is 105 cm³/mol. The van der Waals surface area contributed by atoms with Crippen LogP contribution in [-0.4, -0.2) is 45.8 Å². The van der Waals surface area contributed by atoms with Crippen molar-refractivity contribution in [1.29, 1.82) is 0 Å². The zero-order valence-corrected chi connectivity index (χ0v) is 16.8. The highest BCUT2D eigenvalue weighted by Gasteiger charge is 2.23. The molecule has 0 aliphatic rings. The van der Waals surface area contributed by atoms with Crippen LogP contribution in [0.25, 0.3) is 10.9 Å². The Morgan fingerprint density at radius 1 is 1.42 bits per heavy atom. The first kappa shape index (κ1) is 18.5. The first-order chi connectivity index (χ1) is 12.3. The summed E-state index contributed by atoms with van der Waals surface area (Å²) in [5, 5.41) is 1.57. The van der Waals surface area contributed by atoms with Gasteiger partial charge in [-0.2, -0.15) is 0 Å². The van der Waals surface area contributed by atoms with Crippen LogP contribution >= 0.6 is 27.5 Å². The second-order valence-electron chi connectivity index (χ2n) is 5.96. The summed E-state index contributed by atoms with van der Waals surface area (Å²) in [6.45, 7) is 0.360. The summed E-state index contributed by atoms with van der Waals surface area (Å²) < 4.78 is 2.05. The van der Waals surface area contributed by atoms with E-state index in [0.717, 1.165) is 16.6 Å². The summed E-state index contributed by atoms with van der Waals surface area (Å²) in [7, 11) is 4.97. The Hall–Kier alpha value is -2.32. The van der Waals surface area contributed by atoms with Gasteiger partial charge >= 0.3 is 6.03 Å². The molecule has 2 heterocycles. The molecule has 2 amide bonds. The first-order valence-electron chi connectivity index (χ1n) is 7.75. The molecule has 7 nitrogen and oxygen atoms in total. The third-order valence-electron chi connectivity index (χ3n) is 4.18. The van der Waals surface area contributed by atoms with Crippen LogP contribution in [0, 0.1) is 0 Å². The van der Waals surface area contributed by atoms with Gasteiger partial charge in [0.05, 0.1) is 6.54 Å². The number of benzene rings is 1. The molecule has 2 aromatic heterocycles. The van der Waals surface area contributed by atoms with Crippen molar-refractivity contribution in [2.75, 3.05) is 19.0 Å². The van der Waals surface area contributed by atoms with Gasteiger partial charge < -0.3 is 14.5 Å². The minimum Gasteiger partial charge on any atom is -0.357 e. The molecular weight excluding hydrogens is 422 g/mol. The number of anilines is 1. The number of hydrogen-bond donors (Lipinski definition) is 1. The summed E-state index contributed by atoms with van der Waals surface area (Å²) in [6, 6.07) is 7.26. The quantitative estimate of drug-likeness (QED) is 0.629. The molecule has 0 aliphatic carbocycles. The number of nitrogens with one attached hydrogen (secondary N) is 1. The molecule has 0 saturated carbocycles. The molecule has 3 rings (SSSR count). The van der Waals surface area contributed by atoms with Crippen LogP contribution in [0.2, 0.25) is 5.02 Å². The summed E-state index contributed by atoms with van der Waals surface area (Å²) >= 11 is 9.46. The second kappa shape index (κ2) is 7.13. The lowest BCUT2D eigenvalue weighted by molar-refractivity contribution is 0.111. The molecule has 26 heavy (non-hydrogen) atoms. The molecule has 3 aromatic rings. The topological polar surface area (TPSA) is 74.2 Å². The highest BCUT2D eigenvalue weighted by atomic mass is 79.9. The van der Waals surface area contributed by atoms with Gasteiger partial charge in [-0.25, -0.2) is 9.78 Å². The third kappa shape index (κ3) is 3.22. The third-order valence-corrected chi connectivity index (χ3v) is 5.22. The van der Waals surface area contributed by atoms with Crippen LogP contribution in [-0.2, 0) is 13.6 Å². The highest BCUT2D eigenvalue weighted by molar-refractivity contribution is 9.10. The van der Waals surface area contributed by atoms with E-state index in [0.29, 0.717) is 34.1 Å². The van der Waals surface area contributed by atoms with Crippen LogP contribution in [0.3, 0.4) is 0 Å². The molecule has 0 spiro atoms. The van der Waals surface area contributed by atoms with Crippen molar-refractivity contribution in [3.8, 4) is 0 Å². The average molecular weight is 439 g/mol. The number of H-pyrrole nitrogens is 1. The van der Waals surface area contributed by atoms with E-state index in [1.54, 1.807) is 25.7 Å². The standard InChI is InChI=1S/C17H17BrClN5O2/c1-22(8-10-7-11-12(19)5-4-6-13(11)20-10)17(26)24(3)15-14(9-25)23(2)16(18)21-15/h4-7,9,20H,8H2,1-3H3. The highest BCUT2D eigenvalue weighted by Crippen LogP contribution is 2.25. The summed E-state index contributed by atoms with van der Waals surface area (Å²) in [6.07, 6.45) is 0.677. The lowest BCUT2D eigenvalue weighted by Gasteiger charge is -2.23.